The van der Waals surface area contributed by atoms with Crippen molar-refractivity contribution in [2.45, 2.75) is 64.1 Å². The number of anilines is 1. The van der Waals surface area contributed by atoms with Gasteiger partial charge >= 0.3 is 0 Å². The molecular weight excluding hydrogens is 467 g/mol. The van der Waals surface area contributed by atoms with E-state index in [1.165, 1.54) is 29.4 Å². The van der Waals surface area contributed by atoms with E-state index in [1.807, 2.05) is 0 Å². The Labute approximate surface area is 208 Å². The zero-order valence-electron chi connectivity index (χ0n) is 20.0. The molecule has 1 aliphatic carbocycles. The summed E-state index contributed by atoms with van der Waals surface area (Å²) in [6.07, 6.45) is 4.78. The van der Waals surface area contributed by atoms with Crippen LogP contribution in [0.3, 0.4) is 0 Å². The van der Waals surface area contributed by atoms with E-state index in [4.69, 9.17) is 8.94 Å². The highest BCUT2D eigenvalue weighted by Crippen LogP contribution is 2.28. The third-order valence-corrected chi connectivity index (χ3v) is 6.15. The number of nitrogens with one attached hydrogen (secondary N) is 2. The van der Waals surface area contributed by atoms with Crippen LogP contribution in [0.2, 0.25) is 0 Å². The zero-order chi connectivity index (χ0) is 25.5. The summed E-state index contributed by atoms with van der Waals surface area (Å²) in [5.41, 5.74) is 0.0791. The van der Waals surface area contributed by atoms with E-state index in [2.05, 4.69) is 15.8 Å². The molecular formula is C26H29FN4O5. The largest absolute Gasteiger partial charge is 0.467 e. The minimum atomic E-state index is -1.23. The average molecular weight is 497 g/mol. The normalized spacial score (nSPS) is 14.4. The molecule has 4 rings (SSSR count). The number of halogens is 1. The van der Waals surface area contributed by atoms with E-state index in [9.17, 15) is 18.8 Å². The van der Waals surface area contributed by atoms with Crippen LogP contribution < -0.4 is 10.6 Å². The standard InChI is InChI=1S/C26H29FN4O5/c1-17-15-22(30-36-17)29-23(32)12-13-24(33)31(16-19-9-6-14-35-19)25(20-10-4-5-11-21(20)27)26(34)28-18-7-2-3-8-18/h4-6,9-11,14-15,18,25H,2-3,7-8,12-13,16H2,1H3,(H,28,34)(H,29,30,32)/t25-/m0/s1. The third kappa shape index (κ3) is 6.38. The van der Waals surface area contributed by atoms with Gasteiger partial charge in [0.2, 0.25) is 17.7 Å². The molecule has 2 heterocycles. The van der Waals surface area contributed by atoms with E-state index in [0.29, 0.717) is 11.5 Å². The molecule has 1 atom stereocenters. The molecule has 0 radical (unpaired) electrons. The number of amides is 3. The zero-order valence-corrected chi connectivity index (χ0v) is 20.0. The van der Waals surface area contributed by atoms with E-state index in [1.54, 1.807) is 31.2 Å². The molecule has 9 nitrogen and oxygen atoms in total. The summed E-state index contributed by atoms with van der Waals surface area (Å²) in [5, 5.41) is 9.27. The second-order valence-corrected chi connectivity index (χ2v) is 8.89. The minimum Gasteiger partial charge on any atom is -0.467 e. The van der Waals surface area contributed by atoms with Crippen LogP contribution in [0.4, 0.5) is 10.2 Å². The SMILES string of the molecule is Cc1cc(NC(=O)CCC(=O)N(Cc2ccco2)[C@H](C(=O)NC2CCCC2)c2ccccc2F)no1. The van der Waals surface area contributed by atoms with Crippen LogP contribution in [0.5, 0.6) is 0 Å². The van der Waals surface area contributed by atoms with Gasteiger partial charge in [0, 0.05) is 30.5 Å². The van der Waals surface area contributed by atoms with Crippen LogP contribution in [0.25, 0.3) is 0 Å². The van der Waals surface area contributed by atoms with Crippen molar-refractivity contribution in [3.05, 3.63) is 71.6 Å². The van der Waals surface area contributed by atoms with Crippen molar-refractivity contribution in [1.82, 2.24) is 15.4 Å². The van der Waals surface area contributed by atoms with E-state index in [-0.39, 0.29) is 36.8 Å². The molecule has 0 bridgehead atoms. The first-order valence-electron chi connectivity index (χ1n) is 12.0. The summed E-state index contributed by atoms with van der Waals surface area (Å²) in [4.78, 5) is 40.6. The molecule has 3 amide bonds. The molecule has 0 spiro atoms. The maximum absolute atomic E-state index is 15.0. The predicted molar refractivity (Wildman–Crippen MR) is 128 cm³/mol. The smallest absolute Gasteiger partial charge is 0.247 e. The molecule has 2 aromatic heterocycles. The summed E-state index contributed by atoms with van der Waals surface area (Å²) in [6.45, 7) is 1.63. The van der Waals surface area contributed by atoms with Gasteiger partial charge in [-0.25, -0.2) is 4.39 Å². The van der Waals surface area contributed by atoms with Crippen molar-refractivity contribution >= 4 is 23.5 Å². The first kappa shape index (κ1) is 25.2. The maximum Gasteiger partial charge on any atom is 0.247 e. The number of furan rings is 1. The number of hydrogen-bond acceptors (Lipinski definition) is 6. The van der Waals surface area contributed by atoms with Crippen LogP contribution in [-0.4, -0.2) is 33.8 Å². The maximum atomic E-state index is 15.0. The van der Waals surface area contributed by atoms with Crippen molar-refractivity contribution in [2.75, 3.05) is 5.32 Å². The van der Waals surface area contributed by atoms with Gasteiger partial charge in [-0.15, -0.1) is 0 Å². The fraction of sp³-hybridized carbons (Fsp3) is 0.385. The minimum absolute atomic E-state index is 0.0240. The lowest BCUT2D eigenvalue weighted by atomic mass is 10.0. The van der Waals surface area contributed by atoms with Gasteiger partial charge in [0.25, 0.3) is 0 Å². The number of aryl methyl sites for hydroxylation is 1. The number of hydrogen-bond donors (Lipinski definition) is 2. The van der Waals surface area contributed by atoms with E-state index >= 15 is 0 Å². The summed E-state index contributed by atoms with van der Waals surface area (Å²) in [5.74, 6) is -0.777. The summed E-state index contributed by atoms with van der Waals surface area (Å²) >= 11 is 0. The van der Waals surface area contributed by atoms with Gasteiger partial charge in [-0.1, -0.05) is 36.2 Å². The molecule has 1 aliphatic rings. The number of carbonyl (C=O) groups excluding carboxylic acids is 3. The Kier molecular flexibility index (Phi) is 8.14. The Hall–Kier alpha value is -3.95. The van der Waals surface area contributed by atoms with Gasteiger partial charge in [0.05, 0.1) is 12.8 Å². The molecule has 2 N–H and O–H groups in total. The van der Waals surface area contributed by atoms with Crippen LogP contribution in [0.15, 0.2) is 57.7 Å². The Morgan fingerprint density at radius 2 is 1.92 bits per heavy atom. The quantitative estimate of drug-likeness (QED) is 0.433. The number of benzene rings is 1. The second-order valence-electron chi connectivity index (χ2n) is 8.89. The number of aromatic nitrogens is 1. The van der Waals surface area contributed by atoms with Gasteiger partial charge in [-0.05, 0) is 38.0 Å². The molecule has 3 aromatic rings. The van der Waals surface area contributed by atoms with Crippen molar-refractivity contribution < 1.29 is 27.7 Å². The lowest BCUT2D eigenvalue weighted by molar-refractivity contribution is -0.142. The Morgan fingerprint density at radius 1 is 1.14 bits per heavy atom. The van der Waals surface area contributed by atoms with Crippen LogP contribution in [0, 0.1) is 12.7 Å². The second kappa shape index (κ2) is 11.7. The Balaban J connectivity index is 1.56. The van der Waals surface area contributed by atoms with Gasteiger partial charge in [0.15, 0.2) is 5.82 Å². The van der Waals surface area contributed by atoms with Crippen molar-refractivity contribution in [3.63, 3.8) is 0 Å². The highest BCUT2D eigenvalue weighted by atomic mass is 19.1. The Morgan fingerprint density at radius 3 is 2.58 bits per heavy atom. The molecule has 190 valence electrons. The molecule has 10 heteroatoms. The molecule has 0 saturated heterocycles. The van der Waals surface area contributed by atoms with Crippen LogP contribution in [0.1, 0.15) is 61.7 Å². The highest BCUT2D eigenvalue weighted by Gasteiger charge is 2.35. The van der Waals surface area contributed by atoms with Gasteiger partial charge < -0.3 is 24.5 Å². The molecule has 0 unspecified atom stereocenters. The molecule has 1 aromatic carbocycles. The average Bonchev–Trinajstić information content (AvgIpc) is 3.63. The topological polar surface area (TPSA) is 118 Å². The molecule has 0 aliphatic heterocycles. The van der Waals surface area contributed by atoms with Crippen LogP contribution >= 0.6 is 0 Å². The molecule has 1 fully saturated rings. The fourth-order valence-corrected chi connectivity index (χ4v) is 4.39. The Bertz CT molecular complexity index is 1190. The van der Waals surface area contributed by atoms with E-state index in [0.717, 1.165) is 25.7 Å². The first-order chi connectivity index (χ1) is 17.4. The van der Waals surface area contributed by atoms with Crippen molar-refractivity contribution in [3.8, 4) is 0 Å². The van der Waals surface area contributed by atoms with Crippen molar-refractivity contribution in [1.29, 1.82) is 0 Å². The lowest BCUT2D eigenvalue weighted by Crippen LogP contribution is -2.46. The summed E-state index contributed by atoms with van der Waals surface area (Å²) in [7, 11) is 0. The lowest BCUT2D eigenvalue weighted by Gasteiger charge is -2.32. The molecule has 36 heavy (non-hydrogen) atoms. The van der Waals surface area contributed by atoms with E-state index < -0.39 is 29.6 Å². The fourth-order valence-electron chi connectivity index (χ4n) is 4.39. The van der Waals surface area contributed by atoms with Crippen LogP contribution in [-0.2, 0) is 20.9 Å². The van der Waals surface area contributed by atoms with Gasteiger partial charge in [0.1, 0.15) is 23.4 Å². The first-order valence-corrected chi connectivity index (χ1v) is 12.0. The predicted octanol–water partition coefficient (Wildman–Crippen LogP) is 4.26. The highest BCUT2D eigenvalue weighted by molar-refractivity contribution is 5.94. The molecule has 1 saturated carbocycles. The van der Waals surface area contributed by atoms with Gasteiger partial charge in [-0.3, -0.25) is 14.4 Å². The number of rotatable bonds is 10. The third-order valence-electron chi connectivity index (χ3n) is 6.15. The summed E-state index contributed by atoms with van der Waals surface area (Å²) in [6, 6.07) is 9.55. The number of nitrogens with zero attached hydrogens (tertiary/aromatic N) is 2. The van der Waals surface area contributed by atoms with Crippen molar-refractivity contribution in [2.24, 2.45) is 0 Å². The summed E-state index contributed by atoms with van der Waals surface area (Å²) < 4.78 is 25.3. The number of carbonyl (C=O) groups is 3. The van der Waals surface area contributed by atoms with Gasteiger partial charge in [-0.2, -0.15) is 0 Å². The monoisotopic (exact) mass is 496 g/mol.